The van der Waals surface area contributed by atoms with Gasteiger partial charge >= 0.3 is 0 Å². The zero-order chi connectivity index (χ0) is 16.3. The smallest absolute Gasteiger partial charge is 0.244 e. The van der Waals surface area contributed by atoms with Crippen LogP contribution in [0.4, 0.5) is 10.1 Å². The molecule has 1 atom stereocenters. The molecule has 2 N–H and O–H groups in total. The molecule has 2 amide bonds. The van der Waals surface area contributed by atoms with E-state index in [2.05, 4.69) is 10.6 Å². The van der Waals surface area contributed by atoms with Gasteiger partial charge in [-0.15, -0.1) is 0 Å². The van der Waals surface area contributed by atoms with Crippen molar-refractivity contribution in [1.82, 2.24) is 10.2 Å². The summed E-state index contributed by atoms with van der Waals surface area (Å²) < 4.78 is 13.4. The summed E-state index contributed by atoms with van der Waals surface area (Å²) in [5.41, 5.74) is 0.457. The summed E-state index contributed by atoms with van der Waals surface area (Å²) in [6.07, 6.45) is 2.01. The Hall–Kier alpha value is -1.82. The van der Waals surface area contributed by atoms with Gasteiger partial charge in [0.15, 0.2) is 0 Å². The van der Waals surface area contributed by atoms with Crippen LogP contribution < -0.4 is 10.6 Å². The standard InChI is InChI=1S/C15H19ClFN3O2/c1-9(18-11-5-6-12(16)13(17)7-11)15(22)20(2)8-14(21)19-10-3-4-10/h5-7,9-10,18H,3-4,8H2,1-2H3,(H,19,21). The minimum Gasteiger partial charge on any atom is -0.374 e. The minimum absolute atomic E-state index is 0.0103. The molecule has 0 bridgehead atoms. The number of benzene rings is 1. The molecule has 1 saturated carbocycles. The quantitative estimate of drug-likeness (QED) is 0.840. The number of carbonyl (C=O) groups is 2. The highest BCUT2D eigenvalue weighted by atomic mass is 35.5. The number of likely N-dealkylation sites (N-methyl/N-ethyl adjacent to an activating group) is 1. The van der Waals surface area contributed by atoms with Crippen molar-refractivity contribution in [3.63, 3.8) is 0 Å². The van der Waals surface area contributed by atoms with Crippen molar-refractivity contribution in [3.8, 4) is 0 Å². The van der Waals surface area contributed by atoms with Crippen LogP contribution in [0.2, 0.25) is 5.02 Å². The fourth-order valence-electron chi connectivity index (χ4n) is 2.02. The van der Waals surface area contributed by atoms with Crippen molar-refractivity contribution in [1.29, 1.82) is 0 Å². The van der Waals surface area contributed by atoms with Gasteiger partial charge < -0.3 is 15.5 Å². The van der Waals surface area contributed by atoms with Gasteiger partial charge in [-0.2, -0.15) is 0 Å². The summed E-state index contributed by atoms with van der Waals surface area (Å²) >= 11 is 5.61. The molecule has 1 aromatic rings. The number of carbonyl (C=O) groups excluding carboxylic acids is 2. The Balaban J connectivity index is 1.86. The summed E-state index contributed by atoms with van der Waals surface area (Å²) in [7, 11) is 1.56. The van der Waals surface area contributed by atoms with Gasteiger partial charge in [0, 0.05) is 18.8 Å². The maximum absolute atomic E-state index is 13.4. The van der Waals surface area contributed by atoms with Crippen LogP contribution in [0.3, 0.4) is 0 Å². The molecule has 5 nitrogen and oxygen atoms in total. The second-order valence-electron chi connectivity index (χ2n) is 5.53. The molecule has 1 aliphatic rings. The molecule has 0 saturated heterocycles. The summed E-state index contributed by atoms with van der Waals surface area (Å²) in [6.45, 7) is 1.67. The molecule has 120 valence electrons. The Labute approximate surface area is 133 Å². The van der Waals surface area contributed by atoms with E-state index in [0.29, 0.717) is 5.69 Å². The second-order valence-corrected chi connectivity index (χ2v) is 5.94. The lowest BCUT2D eigenvalue weighted by Gasteiger charge is -2.22. The summed E-state index contributed by atoms with van der Waals surface area (Å²) in [6, 6.07) is 3.92. The summed E-state index contributed by atoms with van der Waals surface area (Å²) in [5, 5.41) is 5.75. The lowest BCUT2D eigenvalue weighted by molar-refractivity contribution is -0.135. The van der Waals surface area contributed by atoms with Crippen LogP contribution in [0.15, 0.2) is 18.2 Å². The number of nitrogens with zero attached hydrogens (tertiary/aromatic N) is 1. The van der Waals surface area contributed by atoms with E-state index in [-0.39, 0.29) is 29.4 Å². The van der Waals surface area contributed by atoms with Crippen molar-refractivity contribution in [2.45, 2.75) is 31.8 Å². The van der Waals surface area contributed by atoms with E-state index in [0.717, 1.165) is 12.8 Å². The Morgan fingerprint density at radius 2 is 2.14 bits per heavy atom. The third-order valence-electron chi connectivity index (χ3n) is 3.37. The number of anilines is 1. The highest BCUT2D eigenvalue weighted by Gasteiger charge is 2.25. The van der Waals surface area contributed by atoms with Crippen molar-refractivity contribution < 1.29 is 14.0 Å². The molecule has 0 heterocycles. The van der Waals surface area contributed by atoms with Crippen molar-refractivity contribution >= 4 is 29.1 Å². The molecule has 0 radical (unpaired) electrons. The lowest BCUT2D eigenvalue weighted by Crippen LogP contribution is -2.44. The molecular weight excluding hydrogens is 309 g/mol. The van der Waals surface area contributed by atoms with Crippen molar-refractivity contribution in [3.05, 3.63) is 29.0 Å². The second kappa shape index (κ2) is 6.96. The molecule has 1 unspecified atom stereocenters. The minimum atomic E-state index is -0.584. The molecule has 1 aromatic carbocycles. The number of nitrogens with one attached hydrogen (secondary N) is 2. The third-order valence-corrected chi connectivity index (χ3v) is 3.68. The zero-order valence-corrected chi connectivity index (χ0v) is 13.3. The molecule has 0 aromatic heterocycles. The van der Waals surface area contributed by atoms with E-state index in [1.165, 1.54) is 17.0 Å². The van der Waals surface area contributed by atoms with Crippen LogP contribution in [0.25, 0.3) is 0 Å². The molecular formula is C15H19ClFN3O2. The average molecular weight is 328 g/mol. The first kappa shape index (κ1) is 16.5. The maximum Gasteiger partial charge on any atom is 0.244 e. The van der Waals surface area contributed by atoms with Crippen LogP contribution in [0.1, 0.15) is 19.8 Å². The maximum atomic E-state index is 13.4. The SMILES string of the molecule is CC(Nc1ccc(Cl)c(F)c1)C(=O)N(C)CC(=O)NC1CC1. The predicted octanol–water partition coefficient (Wildman–Crippen LogP) is 2.02. The Bertz CT molecular complexity index is 578. The Morgan fingerprint density at radius 1 is 1.45 bits per heavy atom. The van der Waals surface area contributed by atoms with Gasteiger partial charge in [-0.3, -0.25) is 9.59 Å². The van der Waals surface area contributed by atoms with E-state index in [1.807, 2.05) is 0 Å². The first-order chi connectivity index (χ1) is 10.4. The van der Waals surface area contributed by atoms with E-state index in [4.69, 9.17) is 11.6 Å². The van der Waals surface area contributed by atoms with Gasteiger partial charge in [-0.1, -0.05) is 11.6 Å². The van der Waals surface area contributed by atoms with Crippen LogP contribution >= 0.6 is 11.6 Å². The molecule has 2 rings (SSSR count). The van der Waals surface area contributed by atoms with Crippen LogP contribution in [-0.2, 0) is 9.59 Å². The van der Waals surface area contributed by atoms with E-state index >= 15 is 0 Å². The Kier molecular flexibility index (Phi) is 5.24. The van der Waals surface area contributed by atoms with Crippen LogP contribution in [0, 0.1) is 5.82 Å². The Morgan fingerprint density at radius 3 is 2.73 bits per heavy atom. The molecule has 22 heavy (non-hydrogen) atoms. The monoisotopic (exact) mass is 327 g/mol. The fourth-order valence-corrected chi connectivity index (χ4v) is 2.14. The largest absolute Gasteiger partial charge is 0.374 e. The van der Waals surface area contributed by atoms with Gasteiger partial charge in [-0.25, -0.2) is 4.39 Å². The predicted molar refractivity (Wildman–Crippen MR) is 83.3 cm³/mol. The van der Waals surface area contributed by atoms with Gasteiger partial charge in [-0.05, 0) is 38.0 Å². The number of hydrogen-bond donors (Lipinski definition) is 2. The topological polar surface area (TPSA) is 61.4 Å². The summed E-state index contributed by atoms with van der Waals surface area (Å²) in [5.74, 6) is -0.965. The van der Waals surface area contributed by atoms with E-state index in [1.54, 1.807) is 20.0 Å². The van der Waals surface area contributed by atoms with Crippen LogP contribution in [-0.4, -0.2) is 42.4 Å². The van der Waals surface area contributed by atoms with Gasteiger partial charge in [0.05, 0.1) is 11.6 Å². The molecule has 1 fully saturated rings. The highest BCUT2D eigenvalue weighted by molar-refractivity contribution is 6.30. The first-order valence-corrected chi connectivity index (χ1v) is 7.50. The van der Waals surface area contributed by atoms with E-state index < -0.39 is 11.9 Å². The highest BCUT2D eigenvalue weighted by Crippen LogP contribution is 2.20. The van der Waals surface area contributed by atoms with Crippen molar-refractivity contribution in [2.24, 2.45) is 0 Å². The molecule has 1 aliphatic carbocycles. The van der Waals surface area contributed by atoms with Gasteiger partial charge in [0.1, 0.15) is 11.9 Å². The third kappa shape index (κ3) is 4.59. The van der Waals surface area contributed by atoms with Gasteiger partial charge in [0.2, 0.25) is 11.8 Å². The fraction of sp³-hybridized carbons (Fsp3) is 0.467. The molecule has 0 aliphatic heterocycles. The zero-order valence-electron chi connectivity index (χ0n) is 12.5. The summed E-state index contributed by atoms with van der Waals surface area (Å²) in [4.78, 5) is 25.2. The van der Waals surface area contributed by atoms with Gasteiger partial charge in [0.25, 0.3) is 0 Å². The normalized spacial score (nSPS) is 15.1. The van der Waals surface area contributed by atoms with Crippen LogP contribution in [0.5, 0.6) is 0 Å². The molecule has 7 heteroatoms. The first-order valence-electron chi connectivity index (χ1n) is 7.12. The number of rotatable bonds is 6. The number of hydrogen-bond acceptors (Lipinski definition) is 3. The number of halogens is 2. The molecule has 0 spiro atoms. The van der Waals surface area contributed by atoms with E-state index in [9.17, 15) is 14.0 Å². The lowest BCUT2D eigenvalue weighted by atomic mass is 10.2. The number of amides is 2. The average Bonchev–Trinajstić information content (AvgIpc) is 3.25. The van der Waals surface area contributed by atoms with Crippen molar-refractivity contribution in [2.75, 3.05) is 18.9 Å².